The molecule has 5 nitrogen and oxygen atoms in total. The largest absolute Gasteiger partial charge is 0.392 e. The van der Waals surface area contributed by atoms with E-state index in [9.17, 15) is 4.79 Å². The Bertz CT molecular complexity index is 284. The summed E-state index contributed by atoms with van der Waals surface area (Å²) in [4.78, 5) is 14.2. The second kappa shape index (κ2) is 8.39. The zero-order valence-electron chi connectivity index (χ0n) is 11.8. The van der Waals surface area contributed by atoms with Crippen LogP contribution in [0.3, 0.4) is 0 Å². The standard InChI is InChI=1S/C12H25N3O2S/c1-5-12(2,10(13)18)11(16)14-6-8-17-9-7-15(3)4/h5-9H2,1-4H3,(H2,13,18)(H,14,16). The normalized spacial score (nSPS) is 14.3. The number of thiocarbonyl (C=S) groups is 1. The van der Waals surface area contributed by atoms with Gasteiger partial charge in [0.05, 0.1) is 23.6 Å². The number of nitrogens with two attached hydrogens (primary N) is 1. The third-order valence-electron chi connectivity index (χ3n) is 2.97. The summed E-state index contributed by atoms with van der Waals surface area (Å²) in [6.07, 6.45) is 0.593. The van der Waals surface area contributed by atoms with Crippen molar-refractivity contribution in [3.63, 3.8) is 0 Å². The van der Waals surface area contributed by atoms with Gasteiger partial charge in [-0.05, 0) is 27.4 Å². The lowest BCUT2D eigenvalue weighted by molar-refractivity contribution is -0.127. The van der Waals surface area contributed by atoms with Crippen LogP contribution in [-0.2, 0) is 9.53 Å². The molecule has 0 radical (unpaired) electrons. The van der Waals surface area contributed by atoms with E-state index in [0.717, 1.165) is 6.54 Å². The molecule has 0 saturated heterocycles. The summed E-state index contributed by atoms with van der Waals surface area (Å²) in [5.41, 5.74) is 4.84. The van der Waals surface area contributed by atoms with Gasteiger partial charge < -0.3 is 20.7 Å². The van der Waals surface area contributed by atoms with Gasteiger partial charge in [-0.1, -0.05) is 19.1 Å². The number of amides is 1. The Balaban J connectivity index is 3.86. The third-order valence-corrected chi connectivity index (χ3v) is 3.42. The van der Waals surface area contributed by atoms with E-state index >= 15 is 0 Å². The molecule has 0 aliphatic carbocycles. The number of ether oxygens (including phenoxy) is 1. The molecule has 0 bridgehead atoms. The molecule has 1 unspecified atom stereocenters. The molecule has 3 N–H and O–H groups in total. The Morgan fingerprint density at radius 1 is 1.44 bits per heavy atom. The van der Waals surface area contributed by atoms with Gasteiger partial charge in [-0.3, -0.25) is 4.79 Å². The molecule has 0 fully saturated rings. The van der Waals surface area contributed by atoms with Gasteiger partial charge in [-0.15, -0.1) is 0 Å². The van der Waals surface area contributed by atoms with Gasteiger partial charge in [0.25, 0.3) is 0 Å². The smallest absolute Gasteiger partial charge is 0.232 e. The monoisotopic (exact) mass is 275 g/mol. The van der Waals surface area contributed by atoms with E-state index in [2.05, 4.69) is 5.32 Å². The van der Waals surface area contributed by atoms with Crippen molar-refractivity contribution in [2.45, 2.75) is 20.3 Å². The van der Waals surface area contributed by atoms with Crippen molar-refractivity contribution in [1.29, 1.82) is 0 Å². The predicted molar refractivity (Wildman–Crippen MR) is 77.6 cm³/mol. The van der Waals surface area contributed by atoms with Crippen LogP contribution in [0.1, 0.15) is 20.3 Å². The lowest BCUT2D eigenvalue weighted by Gasteiger charge is -2.25. The van der Waals surface area contributed by atoms with Crippen molar-refractivity contribution in [2.24, 2.45) is 11.1 Å². The Morgan fingerprint density at radius 2 is 2.06 bits per heavy atom. The Hall–Kier alpha value is -0.720. The number of nitrogens with one attached hydrogen (secondary N) is 1. The van der Waals surface area contributed by atoms with Crippen LogP contribution >= 0.6 is 12.2 Å². The van der Waals surface area contributed by atoms with Gasteiger partial charge in [0.1, 0.15) is 0 Å². The zero-order chi connectivity index (χ0) is 14.2. The fourth-order valence-corrected chi connectivity index (χ4v) is 1.46. The summed E-state index contributed by atoms with van der Waals surface area (Å²) in [5, 5.41) is 2.80. The Morgan fingerprint density at radius 3 is 2.50 bits per heavy atom. The van der Waals surface area contributed by atoms with Crippen LogP contribution in [0.4, 0.5) is 0 Å². The first-order valence-corrected chi connectivity index (χ1v) is 6.56. The van der Waals surface area contributed by atoms with Gasteiger partial charge in [-0.2, -0.15) is 0 Å². The summed E-state index contributed by atoms with van der Waals surface area (Å²) in [6.45, 7) is 6.15. The van der Waals surface area contributed by atoms with Crippen LogP contribution < -0.4 is 11.1 Å². The molecule has 0 aliphatic heterocycles. The maximum Gasteiger partial charge on any atom is 0.232 e. The molecule has 0 rings (SSSR count). The number of likely N-dealkylation sites (N-methyl/N-ethyl adjacent to an activating group) is 1. The number of hydrogen-bond donors (Lipinski definition) is 2. The Labute approximate surface area is 115 Å². The van der Waals surface area contributed by atoms with Crippen LogP contribution in [0.25, 0.3) is 0 Å². The SMILES string of the molecule is CCC(C)(C(=O)NCCOCCN(C)C)C(N)=S. The van der Waals surface area contributed by atoms with E-state index in [1.807, 2.05) is 25.9 Å². The van der Waals surface area contributed by atoms with E-state index in [1.165, 1.54) is 0 Å². The zero-order valence-corrected chi connectivity index (χ0v) is 12.6. The molecule has 0 aromatic heterocycles. The van der Waals surface area contributed by atoms with Gasteiger partial charge >= 0.3 is 0 Å². The first kappa shape index (κ1) is 17.3. The molecule has 1 atom stereocenters. The van der Waals surface area contributed by atoms with Gasteiger partial charge in [0, 0.05) is 13.1 Å². The van der Waals surface area contributed by atoms with Crippen LogP contribution in [-0.4, -0.2) is 56.2 Å². The first-order valence-electron chi connectivity index (χ1n) is 6.15. The lowest BCUT2D eigenvalue weighted by atomic mass is 9.86. The second-order valence-corrected chi connectivity index (χ2v) is 5.16. The highest BCUT2D eigenvalue weighted by molar-refractivity contribution is 7.80. The van der Waals surface area contributed by atoms with Crippen molar-refractivity contribution in [3.8, 4) is 0 Å². The topological polar surface area (TPSA) is 67.6 Å². The van der Waals surface area contributed by atoms with Crippen molar-refractivity contribution < 1.29 is 9.53 Å². The van der Waals surface area contributed by atoms with Gasteiger partial charge in [0.15, 0.2) is 0 Å². The lowest BCUT2D eigenvalue weighted by Crippen LogP contribution is -2.47. The highest BCUT2D eigenvalue weighted by Gasteiger charge is 2.34. The first-order chi connectivity index (χ1) is 8.34. The van der Waals surface area contributed by atoms with Gasteiger partial charge in [0.2, 0.25) is 5.91 Å². The van der Waals surface area contributed by atoms with E-state index in [4.69, 9.17) is 22.7 Å². The molecule has 1 amide bonds. The summed E-state index contributed by atoms with van der Waals surface area (Å²) in [7, 11) is 3.97. The summed E-state index contributed by atoms with van der Waals surface area (Å²) in [6, 6.07) is 0. The van der Waals surface area contributed by atoms with Crippen molar-refractivity contribution in [1.82, 2.24) is 10.2 Å². The third kappa shape index (κ3) is 5.75. The number of nitrogens with zero attached hydrogens (tertiary/aromatic N) is 1. The minimum Gasteiger partial charge on any atom is -0.392 e. The van der Waals surface area contributed by atoms with Crippen LogP contribution in [0, 0.1) is 5.41 Å². The van der Waals surface area contributed by atoms with E-state index in [-0.39, 0.29) is 10.9 Å². The molecular weight excluding hydrogens is 250 g/mol. The molecule has 0 aromatic rings. The van der Waals surface area contributed by atoms with E-state index in [1.54, 1.807) is 6.92 Å². The van der Waals surface area contributed by atoms with Crippen molar-refractivity contribution in [3.05, 3.63) is 0 Å². The van der Waals surface area contributed by atoms with E-state index in [0.29, 0.717) is 26.2 Å². The van der Waals surface area contributed by atoms with Crippen LogP contribution in [0.15, 0.2) is 0 Å². The van der Waals surface area contributed by atoms with Crippen molar-refractivity contribution >= 4 is 23.1 Å². The molecule has 0 aromatic carbocycles. The van der Waals surface area contributed by atoms with Gasteiger partial charge in [-0.25, -0.2) is 0 Å². The molecule has 0 heterocycles. The minimum atomic E-state index is -0.765. The molecule has 6 heteroatoms. The Kier molecular flexibility index (Phi) is 8.06. The number of rotatable bonds is 9. The second-order valence-electron chi connectivity index (χ2n) is 4.72. The maximum atomic E-state index is 11.9. The molecule has 0 aliphatic rings. The van der Waals surface area contributed by atoms with Crippen LogP contribution in [0.5, 0.6) is 0 Å². The number of carbonyl (C=O) groups is 1. The summed E-state index contributed by atoms with van der Waals surface area (Å²) in [5.74, 6) is -0.131. The fraction of sp³-hybridized carbons (Fsp3) is 0.833. The highest BCUT2D eigenvalue weighted by Crippen LogP contribution is 2.21. The average molecular weight is 275 g/mol. The molecular formula is C12H25N3O2S. The predicted octanol–water partition coefficient (Wildman–Crippen LogP) is 0.383. The quantitative estimate of drug-likeness (QED) is 0.470. The van der Waals surface area contributed by atoms with Crippen molar-refractivity contribution in [2.75, 3.05) is 40.4 Å². The van der Waals surface area contributed by atoms with E-state index < -0.39 is 5.41 Å². The number of carbonyl (C=O) groups excluding carboxylic acids is 1. The fourth-order valence-electron chi connectivity index (χ4n) is 1.23. The molecule has 0 spiro atoms. The maximum absolute atomic E-state index is 11.9. The summed E-state index contributed by atoms with van der Waals surface area (Å²) >= 11 is 4.94. The molecule has 18 heavy (non-hydrogen) atoms. The number of hydrogen-bond acceptors (Lipinski definition) is 4. The minimum absolute atomic E-state index is 0.131. The molecule has 106 valence electrons. The molecule has 0 saturated carbocycles. The average Bonchev–Trinajstić information content (AvgIpc) is 2.31. The summed E-state index contributed by atoms with van der Waals surface area (Å²) < 4.78 is 5.38. The highest BCUT2D eigenvalue weighted by atomic mass is 32.1. The van der Waals surface area contributed by atoms with Crippen LogP contribution in [0.2, 0.25) is 0 Å².